The molecule has 0 saturated heterocycles. The van der Waals surface area contributed by atoms with Crippen molar-refractivity contribution in [2.45, 2.75) is 50.5 Å². The first-order valence-electron chi connectivity index (χ1n) is 7.86. The summed E-state index contributed by atoms with van der Waals surface area (Å²) in [5, 5.41) is 3.40. The van der Waals surface area contributed by atoms with Crippen LogP contribution in [-0.4, -0.2) is 21.5 Å². The molecule has 0 aromatic heterocycles. The maximum Gasteiger partial charge on any atom is 0.240 e. The van der Waals surface area contributed by atoms with Gasteiger partial charge in [0.25, 0.3) is 0 Å². The van der Waals surface area contributed by atoms with E-state index in [4.69, 9.17) is 0 Å². The van der Waals surface area contributed by atoms with Crippen LogP contribution in [0.1, 0.15) is 51.1 Å². The molecule has 1 aliphatic carbocycles. The van der Waals surface area contributed by atoms with E-state index in [2.05, 4.69) is 23.9 Å². The fourth-order valence-electron chi connectivity index (χ4n) is 2.30. The van der Waals surface area contributed by atoms with Gasteiger partial charge in [-0.15, -0.1) is 0 Å². The Labute approximate surface area is 128 Å². The molecule has 21 heavy (non-hydrogen) atoms. The van der Waals surface area contributed by atoms with E-state index in [0.717, 1.165) is 30.9 Å². The fraction of sp³-hybridized carbons (Fsp3) is 0.625. The van der Waals surface area contributed by atoms with Crippen molar-refractivity contribution in [2.75, 3.05) is 13.1 Å². The zero-order valence-electron chi connectivity index (χ0n) is 12.9. The van der Waals surface area contributed by atoms with Crippen molar-refractivity contribution in [3.63, 3.8) is 0 Å². The normalized spacial score (nSPS) is 16.9. The molecule has 5 heteroatoms. The van der Waals surface area contributed by atoms with Crippen LogP contribution < -0.4 is 10.0 Å². The van der Waals surface area contributed by atoms with Crippen LogP contribution in [0.4, 0.5) is 0 Å². The molecule has 1 saturated carbocycles. The average molecular weight is 310 g/mol. The minimum Gasteiger partial charge on any atom is -0.310 e. The van der Waals surface area contributed by atoms with Crippen LogP contribution in [0.15, 0.2) is 29.2 Å². The van der Waals surface area contributed by atoms with Gasteiger partial charge in [0.1, 0.15) is 0 Å². The summed E-state index contributed by atoms with van der Waals surface area (Å²) in [5.74, 6) is 0.737. The monoisotopic (exact) mass is 310 g/mol. The molecule has 0 heterocycles. The Hall–Kier alpha value is -0.910. The van der Waals surface area contributed by atoms with Crippen LogP contribution in [0, 0.1) is 5.92 Å². The molecule has 0 bridgehead atoms. The second-order valence-electron chi connectivity index (χ2n) is 5.87. The Morgan fingerprint density at radius 3 is 2.43 bits per heavy atom. The zero-order chi connectivity index (χ0) is 15.3. The Bertz CT molecular complexity index is 536. The highest BCUT2D eigenvalue weighted by Crippen LogP contribution is 2.31. The molecule has 1 fully saturated rings. The second kappa shape index (κ2) is 7.38. The number of hydrogen-bond donors (Lipinski definition) is 2. The van der Waals surface area contributed by atoms with Gasteiger partial charge in [0.2, 0.25) is 10.0 Å². The topological polar surface area (TPSA) is 58.2 Å². The van der Waals surface area contributed by atoms with Gasteiger partial charge in [0, 0.05) is 12.6 Å². The van der Waals surface area contributed by atoms with E-state index in [1.165, 1.54) is 12.8 Å². The Balaban J connectivity index is 1.92. The maximum atomic E-state index is 12.2. The minimum atomic E-state index is -3.36. The van der Waals surface area contributed by atoms with Crippen molar-refractivity contribution in [1.82, 2.24) is 10.0 Å². The summed E-state index contributed by atoms with van der Waals surface area (Å²) in [6.07, 6.45) is 4.54. The summed E-state index contributed by atoms with van der Waals surface area (Å²) in [7, 11) is -3.36. The van der Waals surface area contributed by atoms with Gasteiger partial charge in [-0.1, -0.05) is 31.9 Å². The Morgan fingerprint density at radius 2 is 1.86 bits per heavy atom. The van der Waals surface area contributed by atoms with Crippen molar-refractivity contribution >= 4 is 10.0 Å². The first kappa shape index (κ1) is 16.5. The maximum absolute atomic E-state index is 12.2. The van der Waals surface area contributed by atoms with E-state index >= 15 is 0 Å². The number of rotatable bonds is 9. The van der Waals surface area contributed by atoms with Gasteiger partial charge in [0.15, 0.2) is 0 Å². The molecule has 0 spiro atoms. The molecule has 1 aromatic rings. The van der Waals surface area contributed by atoms with Gasteiger partial charge >= 0.3 is 0 Å². The molecule has 1 unspecified atom stereocenters. The quantitative estimate of drug-likeness (QED) is 0.737. The van der Waals surface area contributed by atoms with Gasteiger partial charge in [-0.05, 0) is 49.9 Å². The van der Waals surface area contributed by atoms with Crippen molar-refractivity contribution < 1.29 is 8.42 Å². The molecule has 0 radical (unpaired) electrons. The summed E-state index contributed by atoms with van der Waals surface area (Å²) < 4.78 is 27.0. The lowest BCUT2D eigenvalue weighted by Crippen LogP contribution is -2.25. The fourth-order valence-corrected chi connectivity index (χ4v) is 3.35. The molecule has 118 valence electrons. The van der Waals surface area contributed by atoms with Crippen LogP contribution in [0.25, 0.3) is 0 Å². The second-order valence-corrected chi connectivity index (χ2v) is 7.64. The largest absolute Gasteiger partial charge is 0.310 e. The summed E-state index contributed by atoms with van der Waals surface area (Å²) in [6.45, 7) is 5.73. The van der Waals surface area contributed by atoms with E-state index in [-0.39, 0.29) is 6.04 Å². The van der Waals surface area contributed by atoms with E-state index in [9.17, 15) is 8.42 Å². The molecule has 1 atom stereocenters. The summed E-state index contributed by atoms with van der Waals surface area (Å²) in [4.78, 5) is 0.352. The first-order valence-corrected chi connectivity index (χ1v) is 9.34. The number of sulfonamides is 1. The third-order valence-electron chi connectivity index (χ3n) is 3.93. The highest BCUT2D eigenvalue weighted by Gasteiger charge is 2.22. The summed E-state index contributed by atoms with van der Waals surface area (Å²) >= 11 is 0. The smallest absolute Gasteiger partial charge is 0.240 e. The Morgan fingerprint density at radius 1 is 1.19 bits per heavy atom. The van der Waals surface area contributed by atoms with Gasteiger partial charge in [-0.25, -0.2) is 13.1 Å². The van der Waals surface area contributed by atoms with Crippen LogP contribution in [0.2, 0.25) is 0 Å². The van der Waals surface area contributed by atoms with E-state index in [0.29, 0.717) is 11.4 Å². The molecule has 1 aliphatic rings. The van der Waals surface area contributed by atoms with Crippen LogP contribution in [-0.2, 0) is 10.0 Å². The number of benzene rings is 1. The van der Waals surface area contributed by atoms with Crippen LogP contribution in [0.3, 0.4) is 0 Å². The molecular formula is C16H26N2O2S. The highest BCUT2D eigenvalue weighted by molar-refractivity contribution is 7.89. The number of hydrogen-bond acceptors (Lipinski definition) is 3. The van der Waals surface area contributed by atoms with Gasteiger partial charge in [0.05, 0.1) is 4.90 Å². The molecular weight excluding hydrogens is 284 g/mol. The van der Waals surface area contributed by atoms with Gasteiger partial charge in [-0.3, -0.25) is 0 Å². The lowest BCUT2D eigenvalue weighted by molar-refractivity contribution is 0.568. The third-order valence-corrected chi connectivity index (χ3v) is 5.41. The highest BCUT2D eigenvalue weighted by atomic mass is 32.2. The van der Waals surface area contributed by atoms with E-state index < -0.39 is 10.0 Å². The van der Waals surface area contributed by atoms with Crippen molar-refractivity contribution in [3.05, 3.63) is 29.8 Å². The molecule has 2 N–H and O–H groups in total. The third kappa shape index (κ3) is 5.09. The molecule has 4 nitrogen and oxygen atoms in total. The lowest BCUT2D eigenvalue weighted by Gasteiger charge is -2.14. The predicted molar refractivity (Wildman–Crippen MR) is 85.7 cm³/mol. The van der Waals surface area contributed by atoms with E-state index in [1.54, 1.807) is 12.1 Å². The SMILES string of the molecule is CCCNC(C)c1ccc(S(=O)(=O)NCCC2CC2)cc1. The van der Waals surface area contributed by atoms with Crippen molar-refractivity contribution in [1.29, 1.82) is 0 Å². The van der Waals surface area contributed by atoms with Gasteiger partial charge < -0.3 is 5.32 Å². The lowest BCUT2D eigenvalue weighted by atomic mass is 10.1. The molecule has 0 aliphatic heterocycles. The molecule has 2 rings (SSSR count). The van der Waals surface area contributed by atoms with Crippen molar-refractivity contribution in [2.24, 2.45) is 5.92 Å². The average Bonchev–Trinajstić information content (AvgIpc) is 3.29. The van der Waals surface area contributed by atoms with Gasteiger partial charge in [-0.2, -0.15) is 0 Å². The summed E-state index contributed by atoms with van der Waals surface area (Å²) in [6, 6.07) is 7.41. The Kier molecular flexibility index (Phi) is 5.79. The van der Waals surface area contributed by atoms with Crippen LogP contribution >= 0.6 is 0 Å². The predicted octanol–water partition coefficient (Wildman–Crippen LogP) is 2.83. The molecule has 0 amide bonds. The van der Waals surface area contributed by atoms with Crippen molar-refractivity contribution in [3.8, 4) is 0 Å². The molecule has 1 aromatic carbocycles. The van der Waals surface area contributed by atoms with Crippen LogP contribution in [0.5, 0.6) is 0 Å². The number of nitrogens with one attached hydrogen (secondary N) is 2. The standard InChI is InChI=1S/C16H26N2O2S/c1-3-11-17-13(2)15-6-8-16(9-7-15)21(19,20)18-12-10-14-4-5-14/h6-9,13-14,17-18H,3-5,10-12H2,1-2H3. The first-order chi connectivity index (χ1) is 10.0. The summed E-state index contributed by atoms with van der Waals surface area (Å²) in [5.41, 5.74) is 1.11. The zero-order valence-corrected chi connectivity index (χ0v) is 13.7. The van der Waals surface area contributed by atoms with E-state index in [1.807, 2.05) is 12.1 Å². The minimum absolute atomic E-state index is 0.240.